The van der Waals surface area contributed by atoms with Crippen molar-refractivity contribution in [1.29, 1.82) is 0 Å². The number of hydrogen-bond acceptors (Lipinski definition) is 2. The highest BCUT2D eigenvalue weighted by molar-refractivity contribution is 6.10. The molecule has 50 heavy (non-hydrogen) atoms. The van der Waals surface area contributed by atoms with Gasteiger partial charge in [-0.2, -0.15) is 0 Å². The third-order valence-electron chi connectivity index (χ3n) is 9.97. The third kappa shape index (κ3) is 4.57. The molecule has 2 aromatic heterocycles. The topological polar surface area (TPSA) is 26.3 Å². The van der Waals surface area contributed by atoms with Gasteiger partial charge in [-0.1, -0.05) is 170 Å². The van der Waals surface area contributed by atoms with E-state index >= 15 is 0 Å². The lowest BCUT2D eigenvalue weighted by Gasteiger charge is -2.15. The molecule has 0 aliphatic rings. The van der Waals surface area contributed by atoms with Gasteiger partial charge in [0.1, 0.15) is 22.3 Å². The summed E-state index contributed by atoms with van der Waals surface area (Å²) in [6, 6.07) is 64.4. The molecule has 0 N–H and O–H groups in total. The Labute approximate surface area is 289 Å². The summed E-state index contributed by atoms with van der Waals surface area (Å²) in [5.41, 5.74) is 15.3. The zero-order chi connectivity index (χ0) is 33.0. The lowest BCUT2D eigenvalue weighted by molar-refractivity contribution is 0.669. The predicted molar refractivity (Wildman–Crippen MR) is 208 cm³/mol. The lowest BCUT2D eigenvalue weighted by atomic mass is 9.88. The molecule has 0 atom stereocenters. The van der Waals surface area contributed by atoms with E-state index in [1.54, 1.807) is 0 Å². The molecule has 10 aromatic rings. The molecule has 2 nitrogen and oxygen atoms in total. The molecule has 0 bridgehead atoms. The van der Waals surface area contributed by atoms with E-state index in [0.717, 1.165) is 66.1 Å². The van der Waals surface area contributed by atoms with Crippen LogP contribution in [0, 0.1) is 0 Å². The summed E-state index contributed by atoms with van der Waals surface area (Å²) in [7, 11) is 0. The Morgan fingerprint density at radius 3 is 0.940 bits per heavy atom. The van der Waals surface area contributed by atoms with Crippen LogP contribution < -0.4 is 0 Å². The van der Waals surface area contributed by atoms with Gasteiger partial charge in [-0.3, -0.25) is 0 Å². The van der Waals surface area contributed by atoms with Gasteiger partial charge < -0.3 is 8.83 Å². The first kappa shape index (κ1) is 28.4. The molecular weight excluding hydrogens is 609 g/mol. The zero-order valence-electron chi connectivity index (χ0n) is 27.1. The molecule has 0 unspecified atom stereocenters. The van der Waals surface area contributed by atoms with Crippen LogP contribution in [0.25, 0.3) is 99.5 Å². The van der Waals surface area contributed by atoms with Crippen LogP contribution in [0.5, 0.6) is 0 Å². The Morgan fingerprint density at radius 2 is 0.520 bits per heavy atom. The summed E-state index contributed by atoms with van der Waals surface area (Å²) >= 11 is 0. The first-order valence-corrected chi connectivity index (χ1v) is 17.0. The molecule has 10 rings (SSSR count). The maximum Gasteiger partial charge on any atom is 0.143 e. The average molecular weight is 639 g/mol. The van der Waals surface area contributed by atoms with Crippen LogP contribution in [0.15, 0.2) is 191 Å². The number of rotatable bonds is 5. The highest BCUT2D eigenvalue weighted by Crippen LogP contribution is 2.41. The highest BCUT2D eigenvalue weighted by atomic mass is 16.3. The lowest BCUT2D eigenvalue weighted by Crippen LogP contribution is -1.89. The predicted octanol–water partition coefficient (Wildman–Crippen LogP) is 13.8. The van der Waals surface area contributed by atoms with Crippen LogP contribution in [0.2, 0.25) is 0 Å². The normalized spacial score (nSPS) is 11.6. The first-order valence-electron chi connectivity index (χ1n) is 17.0. The van der Waals surface area contributed by atoms with Crippen molar-refractivity contribution in [3.63, 3.8) is 0 Å². The van der Waals surface area contributed by atoms with Crippen LogP contribution in [0.3, 0.4) is 0 Å². The second-order valence-electron chi connectivity index (χ2n) is 12.8. The maximum atomic E-state index is 6.34. The van der Waals surface area contributed by atoms with E-state index < -0.39 is 0 Å². The van der Waals surface area contributed by atoms with Crippen molar-refractivity contribution in [3.05, 3.63) is 182 Å². The minimum absolute atomic E-state index is 0.914. The van der Waals surface area contributed by atoms with Crippen LogP contribution in [-0.4, -0.2) is 0 Å². The van der Waals surface area contributed by atoms with Gasteiger partial charge >= 0.3 is 0 Å². The SMILES string of the molecule is c1ccc(-c2ccccc2-c2ccc(-c3cccc4c3oc3ccccc34)cc2)c(-c2ccc(-c3cccc4c3oc3ccccc34)cc2)c1. The van der Waals surface area contributed by atoms with Gasteiger partial charge in [0, 0.05) is 32.7 Å². The second kappa shape index (κ2) is 11.5. The molecule has 0 saturated carbocycles. The molecule has 2 heteroatoms. The molecule has 0 aliphatic carbocycles. The Bertz CT molecular complexity index is 2650. The summed E-state index contributed by atoms with van der Waals surface area (Å²) in [6.07, 6.45) is 0. The molecule has 2 heterocycles. The third-order valence-corrected chi connectivity index (χ3v) is 9.97. The molecule has 0 saturated heterocycles. The fourth-order valence-electron chi connectivity index (χ4n) is 7.55. The van der Waals surface area contributed by atoms with Gasteiger partial charge in [0.05, 0.1) is 0 Å². The van der Waals surface area contributed by atoms with Crippen molar-refractivity contribution in [2.75, 3.05) is 0 Å². The van der Waals surface area contributed by atoms with Crippen molar-refractivity contribution >= 4 is 43.9 Å². The largest absolute Gasteiger partial charge is 0.455 e. The Hall–Kier alpha value is -6.64. The van der Waals surface area contributed by atoms with Gasteiger partial charge in [-0.05, 0) is 56.6 Å². The van der Waals surface area contributed by atoms with Gasteiger partial charge in [-0.25, -0.2) is 0 Å². The van der Waals surface area contributed by atoms with Gasteiger partial charge in [0.2, 0.25) is 0 Å². The highest BCUT2D eigenvalue weighted by Gasteiger charge is 2.16. The molecular formula is C48H30O2. The van der Waals surface area contributed by atoms with E-state index in [-0.39, 0.29) is 0 Å². The summed E-state index contributed by atoms with van der Waals surface area (Å²) in [6.45, 7) is 0. The van der Waals surface area contributed by atoms with Crippen molar-refractivity contribution in [2.24, 2.45) is 0 Å². The van der Waals surface area contributed by atoms with Crippen LogP contribution >= 0.6 is 0 Å². The molecule has 0 fully saturated rings. The summed E-state index contributed by atoms with van der Waals surface area (Å²) in [4.78, 5) is 0. The first-order chi connectivity index (χ1) is 24.8. The quantitative estimate of drug-likeness (QED) is 0.187. The molecule has 0 amide bonds. The van der Waals surface area contributed by atoms with E-state index in [9.17, 15) is 0 Å². The van der Waals surface area contributed by atoms with Crippen molar-refractivity contribution in [2.45, 2.75) is 0 Å². The van der Waals surface area contributed by atoms with E-state index in [0.29, 0.717) is 0 Å². The number of fused-ring (bicyclic) bond motifs is 6. The van der Waals surface area contributed by atoms with E-state index in [4.69, 9.17) is 8.83 Å². The Balaban J connectivity index is 1.01. The number of para-hydroxylation sites is 4. The summed E-state index contributed by atoms with van der Waals surface area (Å²) in [5, 5.41) is 4.58. The smallest absolute Gasteiger partial charge is 0.143 e. The molecule has 0 spiro atoms. The van der Waals surface area contributed by atoms with Crippen molar-refractivity contribution in [1.82, 2.24) is 0 Å². The number of furan rings is 2. The average Bonchev–Trinajstić information content (AvgIpc) is 3.77. The molecule has 234 valence electrons. The number of benzene rings is 8. The van der Waals surface area contributed by atoms with Crippen molar-refractivity contribution < 1.29 is 8.83 Å². The van der Waals surface area contributed by atoms with E-state index in [1.165, 1.54) is 33.4 Å². The fourth-order valence-corrected chi connectivity index (χ4v) is 7.55. The van der Waals surface area contributed by atoms with E-state index in [1.807, 2.05) is 24.3 Å². The van der Waals surface area contributed by atoms with Crippen LogP contribution in [0.1, 0.15) is 0 Å². The zero-order valence-corrected chi connectivity index (χ0v) is 27.1. The Morgan fingerprint density at radius 1 is 0.220 bits per heavy atom. The summed E-state index contributed by atoms with van der Waals surface area (Å²) in [5.74, 6) is 0. The van der Waals surface area contributed by atoms with Crippen LogP contribution in [0.4, 0.5) is 0 Å². The monoisotopic (exact) mass is 638 g/mol. The number of hydrogen-bond donors (Lipinski definition) is 0. The maximum absolute atomic E-state index is 6.34. The second-order valence-corrected chi connectivity index (χ2v) is 12.8. The summed E-state index contributed by atoms with van der Waals surface area (Å²) < 4.78 is 12.7. The molecule has 8 aromatic carbocycles. The molecule has 0 aliphatic heterocycles. The van der Waals surface area contributed by atoms with Crippen LogP contribution in [-0.2, 0) is 0 Å². The van der Waals surface area contributed by atoms with Gasteiger partial charge in [0.25, 0.3) is 0 Å². The van der Waals surface area contributed by atoms with Crippen molar-refractivity contribution in [3.8, 4) is 55.6 Å². The Kier molecular flexibility index (Phi) is 6.53. The van der Waals surface area contributed by atoms with E-state index in [2.05, 4.69) is 158 Å². The standard InChI is InChI=1S/C48H30O2/c1-3-13-39(35(11-1)31-23-27-33(28-24-31)37-17-9-19-43-41-15-5-7-21-45(41)49-47(37)43)40-14-4-2-12-36(40)32-25-29-34(30-26-32)38-18-10-20-44-42-16-6-8-22-46(42)50-48(38)44/h1-30H. The fraction of sp³-hybridized carbons (Fsp3) is 0. The minimum Gasteiger partial charge on any atom is -0.455 e. The van der Waals surface area contributed by atoms with Gasteiger partial charge in [-0.15, -0.1) is 0 Å². The molecule has 0 radical (unpaired) electrons. The van der Waals surface area contributed by atoms with Gasteiger partial charge in [0.15, 0.2) is 0 Å². The minimum atomic E-state index is 0.914.